The molecule has 0 atom stereocenters. The molecule has 1 heterocycles. The van der Waals surface area contributed by atoms with E-state index in [-0.39, 0.29) is 16.9 Å². The molecule has 180 valence electrons. The molecule has 0 N–H and O–H groups in total. The molecule has 1 aromatic heterocycles. The van der Waals surface area contributed by atoms with Crippen LogP contribution in [0.3, 0.4) is 0 Å². The van der Waals surface area contributed by atoms with Gasteiger partial charge < -0.3 is 18.6 Å². The van der Waals surface area contributed by atoms with Crippen LogP contribution in [0.5, 0.6) is 17.2 Å². The van der Waals surface area contributed by atoms with Gasteiger partial charge in [0.25, 0.3) is 0 Å². The minimum atomic E-state index is -2.36. The summed E-state index contributed by atoms with van der Waals surface area (Å²) in [6.45, 7) is -1.17. The number of esters is 1. The third-order valence-corrected chi connectivity index (χ3v) is 4.84. The van der Waals surface area contributed by atoms with E-state index in [0.29, 0.717) is 16.7 Å². The highest BCUT2D eigenvalue weighted by molar-refractivity contribution is 5.84. The standard InChI is InChI=1S/C24H13F5O6/c1-32-13-5-2-11(3-6-13)15-8-12-4-7-14(9-16(12)35-24(15)31)34-17(30)10-33-23-21(28)19(26)18(25)20(27)22(23)29/h2-9H,10H2,1H3. The van der Waals surface area contributed by atoms with Gasteiger partial charge in [0.1, 0.15) is 17.1 Å². The van der Waals surface area contributed by atoms with Crippen molar-refractivity contribution in [2.24, 2.45) is 0 Å². The molecule has 0 aliphatic carbocycles. The van der Waals surface area contributed by atoms with Crippen molar-refractivity contribution in [1.82, 2.24) is 0 Å². The molecule has 0 saturated heterocycles. The third kappa shape index (κ3) is 4.65. The van der Waals surface area contributed by atoms with Gasteiger partial charge in [-0.15, -0.1) is 0 Å². The summed E-state index contributed by atoms with van der Waals surface area (Å²) in [5.74, 6) is -13.6. The molecule has 0 saturated carbocycles. The molecule has 0 aliphatic rings. The normalized spacial score (nSPS) is 10.9. The SMILES string of the molecule is COc1ccc(-c2cc3ccc(OC(=O)COc4c(F)c(F)c(F)c(F)c4F)cc3oc2=O)cc1. The van der Waals surface area contributed by atoms with Gasteiger partial charge in [-0.1, -0.05) is 12.1 Å². The number of fused-ring (bicyclic) bond motifs is 1. The molecular formula is C24H13F5O6. The summed E-state index contributed by atoms with van der Waals surface area (Å²) in [6.07, 6.45) is 0. The van der Waals surface area contributed by atoms with Crippen LogP contribution in [0.25, 0.3) is 22.1 Å². The van der Waals surface area contributed by atoms with Gasteiger partial charge in [-0.05, 0) is 35.9 Å². The van der Waals surface area contributed by atoms with Crippen LogP contribution >= 0.6 is 0 Å². The number of halogens is 5. The molecule has 3 aromatic carbocycles. The summed E-state index contributed by atoms with van der Waals surface area (Å²) < 4.78 is 86.6. The average molecular weight is 492 g/mol. The predicted octanol–water partition coefficient (Wildman–Crippen LogP) is 5.15. The summed E-state index contributed by atoms with van der Waals surface area (Å²) in [7, 11) is 1.51. The van der Waals surface area contributed by atoms with Crippen molar-refractivity contribution >= 4 is 16.9 Å². The first-order valence-corrected chi connectivity index (χ1v) is 9.77. The largest absolute Gasteiger partial charge is 0.497 e. The number of rotatable bonds is 6. The van der Waals surface area contributed by atoms with Crippen molar-refractivity contribution in [3.05, 3.63) is 88.0 Å². The quantitative estimate of drug-likeness (QED) is 0.0926. The maximum atomic E-state index is 13.6. The Morgan fingerprint density at radius 2 is 1.43 bits per heavy atom. The first-order valence-electron chi connectivity index (χ1n) is 9.77. The van der Waals surface area contributed by atoms with E-state index in [0.717, 1.165) is 0 Å². The lowest BCUT2D eigenvalue weighted by atomic mass is 10.1. The van der Waals surface area contributed by atoms with E-state index in [1.165, 1.54) is 25.3 Å². The van der Waals surface area contributed by atoms with Crippen molar-refractivity contribution in [3.8, 4) is 28.4 Å². The number of carbonyl (C=O) groups is 1. The van der Waals surface area contributed by atoms with E-state index in [4.69, 9.17) is 13.9 Å². The van der Waals surface area contributed by atoms with E-state index >= 15 is 0 Å². The second-order valence-corrected chi connectivity index (χ2v) is 7.04. The maximum Gasteiger partial charge on any atom is 0.349 e. The first-order chi connectivity index (χ1) is 16.7. The monoisotopic (exact) mass is 492 g/mol. The van der Waals surface area contributed by atoms with Crippen LogP contribution in [0.2, 0.25) is 0 Å². The number of hydrogen-bond donors (Lipinski definition) is 0. The third-order valence-electron chi connectivity index (χ3n) is 4.84. The van der Waals surface area contributed by atoms with Gasteiger partial charge in [0, 0.05) is 11.5 Å². The zero-order valence-corrected chi connectivity index (χ0v) is 17.7. The lowest BCUT2D eigenvalue weighted by molar-refractivity contribution is -0.136. The van der Waals surface area contributed by atoms with Gasteiger partial charge in [0.2, 0.25) is 29.1 Å². The lowest BCUT2D eigenvalue weighted by Crippen LogP contribution is -2.19. The molecule has 0 spiro atoms. The summed E-state index contributed by atoms with van der Waals surface area (Å²) in [5.41, 5.74) is 0.266. The van der Waals surface area contributed by atoms with Gasteiger partial charge in [0.15, 0.2) is 12.4 Å². The molecule has 0 unspecified atom stereocenters. The highest BCUT2D eigenvalue weighted by atomic mass is 19.2. The molecular weight excluding hydrogens is 479 g/mol. The summed E-state index contributed by atoms with van der Waals surface area (Å²) in [5, 5.41) is 0.493. The Kier molecular flexibility index (Phi) is 6.41. The highest BCUT2D eigenvalue weighted by Gasteiger charge is 2.27. The van der Waals surface area contributed by atoms with Crippen molar-refractivity contribution in [3.63, 3.8) is 0 Å². The Hall–Kier alpha value is -4.41. The van der Waals surface area contributed by atoms with Crippen LogP contribution in [-0.2, 0) is 4.79 Å². The summed E-state index contributed by atoms with van der Waals surface area (Å²) >= 11 is 0. The maximum absolute atomic E-state index is 13.6. The molecule has 11 heteroatoms. The van der Waals surface area contributed by atoms with Crippen LogP contribution in [0.15, 0.2) is 57.7 Å². The van der Waals surface area contributed by atoms with Crippen molar-refractivity contribution in [2.75, 3.05) is 13.7 Å². The van der Waals surface area contributed by atoms with E-state index in [1.54, 1.807) is 30.3 Å². The Bertz CT molecular complexity index is 1470. The zero-order valence-electron chi connectivity index (χ0n) is 17.7. The van der Waals surface area contributed by atoms with E-state index < -0.39 is 53.0 Å². The van der Waals surface area contributed by atoms with Gasteiger partial charge >= 0.3 is 11.6 Å². The molecule has 6 nitrogen and oxygen atoms in total. The second-order valence-electron chi connectivity index (χ2n) is 7.04. The van der Waals surface area contributed by atoms with Crippen LogP contribution in [0, 0.1) is 29.1 Å². The molecule has 0 amide bonds. The molecule has 0 fully saturated rings. The van der Waals surface area contributed by atoms with E-state index in [1.807, 2.05) is 0 Å². The van der Waals surface area contributed by atoms with Crippen LogP contribution in [0.1, 0.15) is 0 Å². The van der Waals surface area contributed by atoms with Crippen LogP contribution in [-0.4, -0.2) is 19.7 Å². The summed E-state index contributed by atoms with van der Waals surface area (Å²) in [4.78, 5) is 24.4. The molecule has 4 rings (SSSR count). The zero-order chi connectivity index (χ0) is 25.3. The van der Waals surface area contributed by atoms with Gasteiger partial charge in [-0.25, -0.2) is 22.8 Å². The topological polar surface area (TPSA) is 75.0 Å². The van der Waals surface area contributed by atoms with Crippen molar-refractivity contribution in [1.29, 1.82) is 0 Å². The molecule has 35 heavy (non-hydrogen) atoms. The number of hydrogen-bond acceptors (Lipinski definition) is 6. The lowest BCUT2D eigenvalue weighted by Gasteiger charge is -2.10. The molecule has 0 bridgehead atoms. The number of ether oxygens (including phenoxy) is 3. The number of benzene rings is 3. The molecule has 0 radical (unpaired) electrons. The minimum Gasteiger partial charge on any atom is -0.497 e. The highest BCUT2D eigenvalue weighted by Crippen LogP contribution is 2.29. The minimum absolute atomic E-state index is 0.0678. The fourth-order valence-electron chi connectivity index (χ4n) is 3.13. The van der Waals surface area contributed by atoms with Crippen LogP contribution in [0.4, 0.5) is 22.0 Å². The Labute approximate surface area is 193 Å². The Morgan fingerprint density at radius 3 is 2.06 bits per heavy atom. The fourth-order valence-corrected chi connectivity index (χ4v) is 3.13. The van der Waals surface area contributed by atoms with Gasteiger partial charge in [-0.3, -0.25) is 0 Å². The number of carbonyl (C=O) groups excluding carboxylic acids is 1. The second kappa shape index (κ2) is 9.45. The molecule has 4 aromatic rings. The van der Waals surface area contributed by atoms with E-state index in [2.05, 4.69) is 4.74 Å². The van der Waals surface area contributed by atoms with Crippen molar-refractivity contribution in [2.45, 2.75) is 0 Å². The van der Waals surface area contributed by atoms with Gasteiger partial charge in [-0.2, -0.15) is 8.78 Å². The Balaban J connectivity index is 1.51. The molecule has 0 aliphatic heterocycles. The first kappa shape index (κ1) is 23.7. The van der Waals surface area contributed by atoms with Crippen LogP contribution < -0.4 is 19.8 Å². The predicted molar refractivity (Wildman–Crippen MR) is 112 cm³/mol. The number of methoxy groups -OCH3 is 1. The van der Waals surface area contributed by atoms with Gasteiger partial charge in [0.05, 0.1) is 12.7 Å². The summed E-state index contributed by atoms with van der Waals surface area (Å²) in [6, 6.07) is 12.3. The smallest absolute Gasteiger partial charge is 0.349 e. The average Bonchev–Trinajstić information content (AvgIpc) is 2.86. The van der Waals surface area contributed by atoms with Crippen molar-refractivity contribution < 1.29 is 45.4 Å². The Morgan fingerprint density at radius 1 is 0.829 bits per heavy atom. The van der Waals surface area contributed by atoms with E-state index in [9.17, 15) is 31.5 Å². The fraction of sp³-hybridized carbons (Fsp3) is 0.0833.